The lowest BCUT2D eigenvalue weighted by Gasteiger charge is -2.22. The first kappa shape index (κ1) is 18.2. The van der Waals surface area contributed by atoms with Crippen LogP contribution in [0.15, 0.2) is 47.4 Å². The third-order valence-electron chi connectivity index (χ3n) is 3.47. The van der Waals surface area contributed by atoms with E-state index in [2.05, 4.69) is 0 Å². The van der Waals surface area contributed by atoms with Crippen molar-refractivity contribution in [2.75, 3.05) is 18.5 Å². The van der Waals surface area contributed by atoms with Crippen LogP contribution in [-0.2, 0) is 10.0 Å². The standard InChI is InChI=1S/C15H14N2O7S/c1-16(12-6-4-3-5-11(12)15(18)19)25(22,23)10-7-8-14(24-2)13(9-10)17(20)21/h3-9H,1-2H3,(H,18,19)/p-1. The Morgan fingerprint density at radius 1 is 1.20 bits per heavy atom. The molecule has 0 aliphatic carbocycles. The number of methoxy groups -OCH3 is 1. The number of nitro benzene ring substituents is 1. The Labute approximate surface area is 143 Å². The zero-order valence-corrected chi connectivity index (χ0v) is 14.0. The molecule has 0 amide bonds. The summed E-state index contributed by atoms with van der Waals surface area (Å²) in [5.41, 5.74) is -0.970. The SMILES string of the molecule is COc1ccc(S(=O)(=O)N(C)c2ccccc2C(=O)[O-])cc1[N+](=O)[O-]. The topological polar surface area (TPSA) is 130 Å². The predicted octanol–water partition coefficient (Wildman–Crippen LogP) is 0.792. The number of sulfonamides is 1. The van der Waals surface area contributed by atoms with Crippen LogP contribution < -0.4 is 14.1 Å². The minimum Gasteiger partial charge on any atom is -0.545 e. The number of rotatable bonds is 6. The van der Waals surface area contributed by atoms with Gasteiger partial charge in [-0.1, -0.05) is 18.2 Å². The highest BCUT2D eigenvalue weighted by Crippen LogP contribution is 2.32. The summed E-state index contributed by atoms with van der Waals surface area (Å²) in [6.07, 6.45) is 0. The highest BCUT2D eigenvalue weighted by atomic mass is 32.2. The number of nitrogens with zero attached hydrogens (tertiary/aromatic N) is 2. The summed E-state index contributed by atoms with van der Waals surface area (Å²) in [4.78, 5) is 21.1. The van der Waals surface area contributed by atoms with E-state index in [9.17, 15) is 28.4 Å². The van der Waals surface area contributed by atoms with Crippen LogP contribution in [0.25, 0.3) is 0 Å². The number of anilines is 1. The number of carboxylic acid groups (broad SMARTS) is 1. The molecule has 0 saturated heterocycles. The number of benzene rings is 2. The van der Waals surface area contributed by atoms with Gasteiger partial charge in [0.05, 0.1) is 28.6 Å². The van der Waals surface area contributed by atoms with Crippen LogP contribution in [-0.4, -0.2) is 33.5 Å². The second-order valence-electron chi connectivity index (χ2n) is 4.87. The van der Waals surface area contributed by atoms with Crippen LogP contribution in [0.4, 0.5) is 11.4 Å². The van der Waals surface area contributed by atoms with Crippen molar-refractivity contribution < 1.29 is 28.0 Å². The van der Waals surface area contributed by atoms with E-state index in [-0.39, 0.29) is 21.9 Å². The van der Waals surface area contributed by atoms with E-state index in [0.717, 1.165) is 29.6 Å². The second-order valence-corrected chi connectivity index (χ2v) is 6.84. The van der Waals surface area contributed by atoms with E-state index in [1.54, 1.807) is 0 Å². The molecule has 0 atom stereocenters. The van der Waals surface area contributed by atoms with Crippen LogP contribution in [0, 0.1) is 10.1 Å². The van der Waals surface area contributed by atoms with Gasteiger partial charge in [-0.2, -0.15) is 0 Å². The Morgan fingerprint density at radius 2 is 1.84 bits per heavy atom. The fourth-order valence-electron chi connectivity index (χ4n) is 2.18. The molecule has 0 aromatic heterocycles. The maximum atomic E-state index is 12.7. The maximum absolute atomic E-state index is 12.7. The monoisotopic (exact) mass is 365 g/mol. The fourth-order valence-corrected chi connectivity index (χ4v) is 3.42. The molecule has 0 radical (unpaired) electrons. The van der Waals surface area contributed by atoms with Gasteiger partial charge < -0.3 is 14.6 Å². The fraction of sp³-hybridized carbons (Fsp3) is 0.133. The molecule has 0 bridgehead atoms. The first-order valence-corrected chi connectivity index (χ1v) is 8.26. The zero-order chi connectivity index (χ0) is 18.8. The molecule has 0 aliphatic heterocycles. The Balaban J connectivity index is 2.58. The zero-order valence-electron chi connectivity index (χ0n) is 13.2. The summed E-state index contributed by atoms with van der Waals surface area (Å²) in [6.45, 7) is 0. The van der Waals surface area contributed by atoms with Crippen molar-refractivity contribution in [3.63, 3.8) is 0 Å². The number of carboxylic acids is 1. The molecule has 2 rings (SSSR count). The summed E-state index contributed by atoms with van der Waals surface area (Å²) in [5, 5.41) is 22.3. The van der Waals surface area contributed by atoms with Crippen LogP contribution in [0.2, 0.25) is 0 Å². The van der Waals surface area contributed by atoms with Crippen molar-refractivity contribution in [1.82, 2.24) is 0 Å². The summed E-state index contributed by atoms with van der Waals surface area (Å²) in [5.74, 6) is -1.64. The molecule has 25 heavy (non-hydrogen) atoms. The van der Waals surface area contributed by atoms with E-state index in [0.29, 0.717) is 0 Å². The summed E-state index contributed by atoms with van der Waals surface area (Å²) in [7, 11) is -1.88. The lowest BCUT2D eigenvalue weighted by Crippen LogP contribution is -2.31. The van der Waals surface area contributed by atoms with E-state index >= 15 is 0 Å². The smallest absolute Gasteiger partial charge is 0.312 e. The Bertz CT molecular complexity index is 941. The van der Waals surface area contributed by atoms with Crippen LogP contribution in [0.3, 0.4) is 0 Å². The molecule has 132 valence electrons. The lowest BCUT2D eigenvalue weighted by molar-refractivity contribution is -0.386. The number of carbonyl (C=O) groups excluding carboxylic acids is 1. The number of carbonyl (C=O) groups is 1. The van der Waals surface area contributed by atoms with Crippen LogP contribution in [0.5, 0.6) is 5.75 Å². The number of hydrogen-bond acceptors (Lipinski definition) is 7. The largest absolute Gasteiger partial charge is 0.545 e. The van der Waals surface area contributed by atoms with Gasteiger partial charge in [0.1, 0.15) is 0 Å². The number of aromatic carboxylic acids is 1. The minimum atomic E-state index is -4.25. The van der Waals surface area contributed by atoms with Crippen molar-refractivity contribution in [2.45, 2.75) is 4.90 Å². The maximum Gasteiger partial charge on any atom is 0.312 e. The molecular formula is C15H13N2O7S-. The third-order valence-corrected chi connectivity index (χ3v) is 5.24. The molecule has 0 fully saturated rings. The lowest BCUT2D eigenvalue weighted by atomic mass is 10.2. The van der Waals surface area contributed by atoms with Gasteiger partial charge in [-0.15, -0.1) is 0 Å². The molecule has 2 aromatic carbocycles. The molecule has 9 nitrogen and oxygen atoms in total. The van der Waals surface area contributed by atoms with Crippen molar-refractivity contribution in [3.8, 4) is 5.75 Å². The molecule has 0 saturated carbocycles. The van der Waals surface area contributed by atoms with E-state index in [1.807, 2.05) is 0 Å². The number of ether oxygens (including phenoxy) is 1. The number of hydrogen-bond donors (Lipinski definition) is 0. The van der Waals surface area contributed by atoms with Crippen molar-refractivity contribution in [1.29, 1.82) is 0 Å². The van der Waals surface area contributed by atoms with Gasteiger partial charge in [-0.25, -0.2) is 8.42 Å². The van der Waals surface area contributed by atoms with Crippen LogP contribution >= 0.6 is 0 Å². The van der Waals surface area contributed by atoms with Gasteiger partial charge >= 0.3 is 5.69 Å². The highest BCUT2D eigenvalue weighted by Gasteiger charge is 2.27. The summed E-state index contributed by atoms with van der Waals surface area (Å²) < 4.78 is 31.0. The number of para-hydroxylation sites is 1. The number of nitro groups is 1. The molecule has 0 spiro atoms. The van der Waals surface area contributed by atoms with Gasteiger partial charge in [0.2, 0.25) is 0 Å². The van der Waals surface area contributed by atoms with Gasteiger partial charge in [0.15, 0.2) is 5.75 Å². The van der Waals surface area contributed by atoms with E-state index < -0.39 is 26.6 Å². The molecule has 10 heteroatoms. The average molecular weight is 365 g/mol. The molecule has 0 aliphatic rings. The second kappa shape index (κ2) is 6.77. The Kier molecular flexibility index (Phi) is 4.93. The predicted molar refractivity (Wildman–Crippen MR) is 86.0 cm³/mol. The molecule has 0 unspecified atom stereocenters. The van der Waals surface area contributed by atoms with Gasteiger partial charge in [0.25, 0.3) is 10.0 Å². The van der Waals surface area contributed by atoms with E-state index in [1.165, 1.54) is 31.4 Å². The molecule has 0 N–H and O–H groups in total. The Hall–Kier alpha value is -3.14. The summed E-state index contributed by atoms with van der Waals surface area (Å²) >= 11 is 0. The summed E-state index contributed by atoms with van der Waals surface area (Å²) in [6, 6.07) is 8.53. The van der Waals surface area contributed by atoms with Gasteiger partial charge in [-0.3, -0.25) is 14.4 Å². The minimum absolute atomic E-state index is 0.0956. The van der Waals surface area contributed by atoms with Gasteiger partial charge in [-0.05, 0) is 18.2 Å². The molecule has 2 aromatic rings. The molecular weight excluding hydrogens is 352 g/mol. The third kappa shape index (κ3) is 3.38. The highest BCUT2D eigenvalue weighted by molar-refractivity contribution is 7.92. The van der Waals surface area contributed by atoms with E-state index in [4.69, 9.17) is 4.74 Å². The van der Waals surface area contributed by atoms with Crippen molar-refractivity contribution in [2.24, 2.45) is 0 Å². The van der Waals surface area contributed by atoms with Crippen LogP contribution in [0.1, 0.15) is 10.4 Å². The van der Waals surface area contributed by atoms with Crippen molar-refractivity contribution in [3.05, 3.63) is 58.1 Å². The quantitative estimate of drug-likeness (QED) is 0.546. The first-order chi connectivity index (χ1) is 11.7. The van der Waals surface area contributed by atoms with Crippen molar-refractivity contribution >= 4 is 27.4 Å². The Morgan fingerprint density at radius 3 is 2.40 bits per heavy atom. The molecule has 0 heterocycles. The average Bonchev–Trinajstić information content (AvgIpc) is 2.60. The first-order valence-electron chi connectivity index (χ1n) is 6.82. The van der Waals surface area contributed by atoms with Gasteiger partial charge in [0, 0.05) is 18.7 Å². The normalized spacial score (nSPS) is 11.0.